The quantitative estimate of drug-likeness (QED) is 0.580. The second kappa shape index (κ2) is 10.0. The largest absolute Gasteiger partial charge is 0.433 e. The van der Waals surface area contributed by atoms with Crippen molar-refractivity contribution in [3.63, 3.8) is 0 Å². The van der Waals surface area contributed by atoms with Gasteiger partial charge in [-0.25, -0.2) is 18.4 Å². The fourth-order valence-electron chi connectivity index (χ4n) is 3.96. The number of rotatable bonds is 7. The molecule has 0 amide bonds. The van der Waals surface area contributed by atoms with Crippen molar-refractivity contribution in [2.24, 2.45) is 0 Å². The molecule has 0 aliphatic carbocycles. The highest BCUT2D eigenvalue weighted by Crippen LogP contribution is 2.33. The first kappa shape index (κ1) is 26.1. The molecular weight excluding hydrogens is 477 g/mol. The number of anilines is 2. The van der Waals surface area contributed by atoms with E-state index in [-0.39, 0.29) is 23.0 Å². The predicted molar refractivity (Wildman–Crippen MR) is 118 cm³/mol. The molecule has 1 fully saturated rings. The second-order valence-electron chi connectivity index (χ2n) is 8.07. The third-order valence-corrected chi connectivity index (χ3v) is 7.04. The van der Waals surface area contributed by atoms with E-state index in [0.29, 0.717) is 18.8 Å². The number of nitrogens with zero attached hydrogens (tertiary/aromatic N) is 4. The maximum Gasteiger partial charge on any atom is 0.433 e. The number of aliphatic hydroxyl groups is 2. The number of methoxy groups -OCH3 is 1. The van der Waals surface area contributed by atoms with Crippen molar-refractivity contribution in [2.45, 2.75) is 43.4 Å². The molecule has 3 rings (SSSR count). The summed E-state index contributed by atoms with van der Waals surface area (Å²) in [5.74, 6) is -0.134. The monoisotopic (exact) mass is 504 g/mol. The van der Waals surface area contributed by atoms with Crippen molar-refractivity contribution in [2.75, 3.05) is 42.8 Å². The van der Waals surface area contributed by atoms with Crippen molar-refractivity contribution in [3.05, 3.63) is 41.2 Å². The molecule has 2 atom stereocenters. The Labute approximate surface area is 195 Å². The topological polar surface area (TPSA) is 116 Å². The molecule has 1 aromatic carbocycles. The molecule has 0 spiro atoms. The molecule has 2 aromatic rings. The van der Waals surface area contributed by atoms with Crippen molar-refractivity contribution < 1.29 is 36.5 Å². The molecular formula is C21H27F3N4O5S. The van der Waals surface area contributed by atoms with Gasteiger partial charge in [0.1, 0.15) is 0 Å². The Morgan fingerprint density at radius 3 is 2.44 bits per heavy atom. The fourth-order valence-corrected chi connectivity index (χ4v) is 4.91. The van der Waals surface area contributed by atoms with Gasteiger partial charge in [0.15, 0.2) is 15.5 Å². The van der Waals surface area contributed by atoms with Crippen LogP contribution in [0.2, 0.25) is 0 Å². The van der Waals surface area contributed by atoms with Gasteiger partial charge in [-0.2, -0.15) is 13.2 Å². The van der Waals surface area contributed by atoms with Gasteiger partial charge in [-0.1, -0.05) is 6.07 Å². The van der Waals surface area contributed by atoms with Crippen LogP contribution in [0.4, 0.5) is 24.8 Å². The average molecular weight is 505 g/mol. The Kier molecular flexibility index (Phi) is 7.70. The van der Waals surface area contributed by atoms with E-state index in [1.54, 1.807) is 24.0 Å². The Balaban J connectivity index is 1.97. The van der Waals surface area contributed by atoms with Crippen LogP contribution in [0.1, 0.15) is 23.7 Å². The SMILES string of the molecule is COC(C)[C@H]1CN(c2ccc(CO)c(S(C)(=O)=O)c2)CCN1c1ncc(CO)c(C(F)(F)F)n1. The van der Waals surface area contributed by atoms with Crippen LogP contribution in [-0.2, 0) is 34.0 Å². The number of hydrogen-bond donors (Lipinski definition) is 2. The molecule has 1 aliphatic heterocycles. The highest BCUT2D eigenvalue weighted by atomic mass is 32.2. The minimum absolute atomic E-state index is 0.0176. The summed E-state index contributed by atoms with van der Waals surface area (Å²) in [5, 5.41) is 18.8. The number of hydrogen-bond acceptors (Lipinski definition) is 9. The van der Waals surface area contributed by atoms with Crippen LogP contribution in [-0.4, -0.2) is 73.7 Å². The maximum atomic E-state index is 13.5. The Morgan fingerprint density at radius 2 is 1.88 bits per heavy atom. The average Bonchev–Trinajstić information content (AvgIpc) is 2.81. The van der Waals surface area contributed by atoms with Gasteiger partial charge < -0.3 is 24.7 Å². The lowest BCUT2D eigenvalue weighted by atomic mass is 10.1. The highest BCUT2D eigenvalue weighted by molar-refractivity contribution is 7.90. The molecule has 9 nitrogen and oxygen atoms in total. The van der Waals surface area contributed by atoms with Gasteiger partial charge in [0.25, 0.3) is 0 Å². The molecule has 2 N–H and O–H groups in total. The molecule has 0 saturated carbocycles. The summed E-state index contributed by atoms with van der Waals surface area (Å²) in [6.45, 7) is 1.38. The number of ether oxygens (including phenoxy) is 1. The van der Waals surface area contributed by atoms with E-state index in [1.807, 2.05) is 4.90 Å². The molecule has 2 heterocycles. The molecule has 1 saturated heterocycles. The predicted octanol–water partition coefficient (Wildman–Crippen LogP) is 1.61. The first-order valence-electron chi connectivity index (χ1n) is 10.4. The minimum Gasteiger partial charge on any atom is -0.392 e. The van der Waals surface area contributed by atoms with E-state index < -0.39 is 52.6 Å². The highest BCUT2D eigenvalue weighted by Gasteiger charge is 2.38. The molecule has 1 aromatic heterocycles. The molecule has 0 bridgehead atoms. The molecule has 1 unspecified atom stereocenters. The number of aliphatic hydroxyl groups excluding tert-OH is 2. The molecule has 188 valence electrons. The van der Waals surface area contributed by atoms with Gasteiger partial charge in [0.05, 0.1) is 30.3 Å². The van der Waals surface area contributed by atoms with Gasteiger partial charge in [-0.3, -0.25) is 0 Å². The fraction of sp³-hybridized carbons (Fsp3) is 0.524. The summed E-state index contributed by atoms with van der Waals surface area (Å²) in [5.41, 5.74) is -0.728. The van der Waals surface area contributed by atoms with Crippen LogP contribution in [0.3, 0.4) is 0 Å². The van der Waals surface area contributed by atoms with Crippen molar-refractivity contribution >= 4 is 21.5 Å². The lowest BCUT2D eigenvalue weighted by molar-refractivity contribution is -0.142. The van der Waals surface area contributed by atoms with E-state index in [4.69, 9.17) is 4.74 Å². The zero-order valence-electron chi connectivity index (χ0n) is 18.9. The third kappa shape index (κ3) is 5.43. The van der Waals surface area contributed by atoms with E-state index in [1.165, 1.54) is 13.2 Å². The first-order chi connectivity index (χ1) is 15.9. The van der Waals surface area contributed by atoms with Crippen LogP contribution in [0.15, 0.2) is 29.3 Å². The summed E-state index contributed by atoms with van der Waals surface area (Å²) < 4.78 is 70.2. The Morgan fingerprint density at radius 1 is 1.21 bits per heavy atom. The zero-order chi connectivity index (χ0) is 25.3. The van der Waals surface area contributed by atoms with Crippen molar-refractivity contribution in [1.29, 1.82) is 0 Å². The number of sulfone groups is 1. The van der Waals surface area contributed by atoms with Crippen LogP contribution in [0.5, 0.6) is 0 Å². The van der Waals surface area contributed by atoms with Crippen molar-refractivity contribution in [1.82, 2.24) is 9.97 Å². The van der Waals surface area contributed by atoms with Gasteiger partial charge in [-0.05, 0) is 24.6 Å². The van der Waals surface area contributed by atoms with E-state index >= 15 is 0 Å². The Bertz CT molecular complexity index is 1130. The standard InChI is InChI=1S/C21H27F3N4O5S/c1-13(33-2)17-10-27(16-5-4-14(11-29)18(8-16)34(3,31)32)6-7-28(17)20-25-9-15(12-30)19(26-20)21(22,23)24/h4-5,8-9,13,17,29-30H,6-7,10-12H2,1-3H3/t13?,17-/m1/s1. The lowest BCUT2D eigenvalue weighted by Gasteiger charge is -2.44. The number of aromatic nitrogens is 2. The van der Waals surface area contributed by atoms with E-state index in [2.05, 4.69) is 9.97 Å². The van der Waals surface area contributed by atoms with Gasteiger partial charge in [0, 0.05) is 50.4 Å². The Hall–Kier alpha value is -2.48. The summed E-state index contributed by atoms with van der Waals surface area (Å²) >= 11 is 0. The molecule has 34 heavy (non-hydrogen) atoms. The maximum absolute atomic E-state index is 13.5. The normalized spacial score (nSPS) is 18.3. The van der Waals surface area contributed by atoms with Gasteiger partial charge in [0.2, 0.25) is 5.95 Å². The lowest BCUT2D eigenvalue weighted by Crippen LogP contribution is -2.58. The summed E-state index contributed by atoms with van der Waals surface area (Å²) in [4.78, 5) is 11.3. The third-order valence-electron chi connectivity index (χ3n) is 5.87. The van der Waals surface area contributed by atoms with Gasteiger partial charge >= 0.3 is 6.18 Å². The number of benzene rings is 1. The number of halogens is 3. The number of piperazine rings is 1. The van der Waals surface area contributed by atoms with Crippen LogP contribution in [0, 0.1) is 0 Å². The van der Waals surface area contributed by atoms with Gasteiger partial charge in [-0.15, -0.1) is 0 Å². The van der Waals surface area contributed by atoms with Crippen LogP contribution in [0.25, 0.3) is 0 Å². The molecule has 0 radical (unpaired) electrons. The molecule has 1 aliphatic rings. The van der Waals surface area contributed by atoms with Crippen LogP contribution >= 0.6 is 0 Å². The van der Waals surface area contributed by atoms with E-state index in [9.17, 15) is 31.8 Å². The smallest absolute Gasteiger partial charge is 0.392 e. The van der Waals surface area contributed by atoms with E-state index in [0.717, 1.165) is 12.5 Å². The number of alkyl halides is 3. The summed E-state index contributed by atoms with van der Waals surface area (Å²) in [7, 11) is -2.11. The minimum atomic E-state index is -4.75. The first-order valence-corrected chi connectivity index (χ1v) is 12.3. The zero-order valence-corrected chi connectivity index (χ0v) is 19.8. The van der Waals surface area contributed by atoms with Crippen molar-refractivity contribution in [3.8, 4) is 0 Å². The summed E-state index contributed by atoms with van der Waals surface area (Å²) in [6.07, 6.45) is -3.15. The summed E-state index contributed by atoms with van der Waals surface area (Å²) in [6, 6.07) is 4.26. The molecule has 13 heteroatoms. The second-order valence-corrected chi connectivity index (χ2v) is 10.1. The van der Waals surface area contributed by atoms with Crippen LogP contribution < -0.4 is 9.80 Å².